The van der Waals surface area contributed by atoms with Gasteiger partial charge in [-0.15, -0.1) is 0 Å². The van der Waals surface area contributed by atoms with Crippen molar-refractivity contribution in [3.63, 3.8) is 0 Å². The topological polar surface area (TPSA) is 23.8 Å². The van der Waals surface area contributed by atoms with Gasteiger partial charge in [0.15, 0.2) is 0 Å². The van der Waals surface area contributed by atoms with Crippen molar-refractivity contribution in [3.8, 4) is 6.07 Å². The molecule has 0 aliphatic carbocycles. The molecule has 0 unspecified atom stereocenters. The number of aryl methyl sites for hydroxylation is 1. The molecule has 0 aliphatic heterocycles. The minimum absolute atomic E-state index is 1.04. The van der Waals surface area contributed by atoms with Crippen LogP contribution >= 0.6 is 0 Å². The van der Waals surface area contributed by atoms with Crippen molar-refractivity contribution in [2.24, 2.45) is 0 Å². The van der Waals surface area contributed by atoms with Crippen molar-refractivity contribution in [3.05, 3.63) is 47.5 Å². The Kier molecular flexibility index (Phi) is 5.25. The predicted octanol–water partition coefficient (Wildman–Crippen LogP) is 3.87. The van der Waals surface area contributed by atoms with E-state index < -0.39 is 0 Å². The number of nitrogens with zero attached hydrogens (tertiary/aromatic N) is 1. The Morgan fingerprint density at radius 1 is 1.27 bits per heavy atom. The third kappa shape index (κ3) is 5.02. The molecule has 1 heteroatoms. The lowest BCUT2D eigenvalue weighted by Crippen LogP contribution is -1.85. The highest BCUT2D eigenvalue weighted by molar-refractivity contribution is 5.15. The van der Waals surface area contributed by atoms with Crippen LogP contribution in [0.25, 0.3) is 0 Å². The van der Waals surface area contributed by atoms with E-state index in [4.69, 9.17) is 5.26 Å². The smallest absolute Gasteiger partial charge is 0.0911 e. The van der Waals surface area contributed by atoms with Crippen LogP contribution in [-0.4, -0.2) is 0 Å². The first-order chi connectivity index (χ1) is 7.33. The summed E-state index contributed by atoms with van der Waals surface area (Å²) in [7, 11) is 0. The zero-order chi connectivity index (χ0) is 10.9. The Bertz CT molecular complexity index is 343. The van der Waals surface area contributed by atoms with Crippen LogP contribution in [0.2, 0.25) is 0 Å². The van der Waals surface area contributed by atoms with Crippen molar-refractivity contribution in [2.75, 3.05) is 0 Å². The summed E-state index contributed by atoms with van der Waals surface area (Å²) in [5.41, 5.74) is 2.59. The molecule has 0 radical (unpaired) electrons. The van der Waals surface area contributed by atoms with Gasteiger partial charge in [0, 0.05) is 6.08 Å². The monoisotopic (exact) mass is 199 g/mol. The number of rotatable bonds is 5. The van der Waals surface area contributed by atoms with Gasteiger partial charge in [0.05, 0.1) is 6.07 Å². The highest BCUT2D eigenvalue weighted by atomic mass is 14.2. The Balaban J connectivity index is 2.18. The van der Waals surface area contributed by atoms with E-state index in [1.54, 1.807) is 6.08 Å². The highest BCUT2D eigenvalue weighted by Crippen LogP contribution is 2.10. The summed E-state index contributed by atoms with van der Waals surface area (Å²) in [6.07, 6.45) is 6.18. The van der Waals surface area contributed by atoms with Gasteiger partial charge in [-0.25, -0.2) is 0 Å². The average molecular weight is 199 g/mol. The first-order valence-corrected chi connectivity index (χ1v) is 5.42. The molecule has 0 saturated carbocycles. The SMILES string of the molecule is CC(=CC#N)CCCCc1ccccc1. The number of benzene rings is 1. The quantitative estimate of drug-likeness (QED) is 0.521. The second kappa shape index (κ2) is 6.84. The molecule has 0 atom stereocenters. The Morgan fingerprint density at radius 3 is 2.67 bits per heavy atom. The molecule has 78 valence electrons. The average Bonchev–Trinajstić information content (AvgIpc) is 2.26. The molecule has 0 N–H and O–H groups in total. The van der Waals surface area contributed by atoms with Gasteiger partial charge >= 0.3 is 0 Å². The van der Waals surface area contributed by atoms with Gasteiger partial charge in [-0.2, -0.15) is 5.26 Å². The molecule has 1 aromatic carbocycles. The van der Waals surface area contributed by atoms with Crippen LogP contribution < -0.4 is 0 Å². The molecule has 1 nitrogen and oxygen atoms in total. The van der Waals surface area contributed by atoms with Crippen molar-refractivity contribution in [2.45, 2.75) is 32.6 Å². The molecular weight excluding hydrogens is 182 g/mol. The maximum Gasteiger partial charge on any atom is 0.0911 e. The van der Waals surface area contributed by atoms with Gasteiger partial charge in [-0.1, -0.05) is 35.9 Å². The lowest BCUT2D eigenvalue weighted by molar-refractivity contribution is 0.730. The first-order valence-electron chi connectivity index (χ1n) is 5.42. The largest absolute Gasteiger partial charge is 0.193 e. The fourth-order valence-corrected chi connectivity index (χ4v) is 1.56. The number of hydrogen-bond donors (Lipinski definition) is 0. The molecule has 1 rings (SSSR count). The van der Waals surface area contributed by atoms with Crippen LogP contribution in [0.5, 0.6) is 0 Å². The fraction of sp³-hybridized carbons (Fsp3) is 0.357. The normalized spacial score (nSPS) is 11.1. The minimum atomic E-state index is 1.04. The molecule has 0 aliphatic rings. The number of hydrogen-bond acceptors (Lipinski definition) is 1. The van der Waals surface area contributed by atoms with Crippen LogP contribution in [0.1, 0.15) is 31.7 Å². The van der Waals surface area contributed by atoms with E-state index in [1.807, 2.05) is 13.0 Å². The maximum atomic E-state index is 8.44. The van der Waals surface area contributed by atoms with E-state index in [2.05, 4.69) is 30.3 Å². The molecule has 1 aromatic rings. The van der Waals surface area contributed by atoms with Crippen LogP contribution in [0.3, 0.4) is 0 Å². The number of nitriles is 1. The molecule has 0 bridgehead atoms. The summed E-state index contributed by atoms with van der Waals surface area (Å²) in [4.78, 5) is 0. The minimum Gasteiger partial charge on any atom is -0.193 e. The zero-order valence-corrected chi connectivity index (χ0v) is 9.24. The fourth-order valence-electron chi connectivity index (χ4n) is 1.56. The van der Waals surface area contributed by atoms with Crippen LogP contribution in [0.4, 0.5) is 0 Å². The summed E-state index contributed by atoms with van der Waals surface area (Å²) in [5.74, 6) is 0. The second-order valence-electron chi connectivity index (χ2n) is 3.81. The maximum absolute atomic E-state index is 8.44. The first kappa shape index (κ1) is 11.5. The predicted molar refractivity (Wildman–Crippen MR) is 63.4 cm³/mol. The number of unbranched alkanes of at least 4 members (excludes halogenated alkanes) is 1. The van der Waals surface area contributed by atoms with Gasteiger partial charge in [0.25, 0.3) is 0 Å². The van der Waals surface area contributed by atoms with Crippen molar-refractivity contribution in [1.82, 2.24) is 0 Å². The van der Waals surface area contributed by atoms with E-state index in [0.717, 1.165) is 12.8 Å². The Hall–Kier alpha value is -1.55. The summed E-state index contributed by atoms with van der Waals surface area (Å²) in [5, 5.41) is 8.44. The third-order valence-corrected chi connectivity index (χ3v) is 2.44. The van der Waals surface area contributed by atoms with Gasteiger partial charge < -0.3 is 0 Å². The summed E-state index contributed by atoms with van der Waals surface area (Å²) < 4.78 is 0. The molecular formula is C14H17N. The Morgan fingerprint density at radius 2 is 2.00 bits per heavy atom. The molecule has 15 heavy (non-hydrogen) atoms. The molecule has 0 amide bonds. The Labute approximate surface area is 92.1 Å². The lowest BCUT2D eigenvalue weighted by Gasteiger charge is -2.01. The summed E-state index contributed by atoms with van der Waals surface area (Å²) in [6.45, 7) is 2.02. The summed E-state index contributed by atoms with van der Waals surface area (Å²) in [6, 6.07) is 12.6. The second-order valence-corrected chi connectivity index (χ2v) is 3.81. The zero-order valence-electron chi connectivity index (χ0n) is 9.24. The molecule has 0 fully saturated rings. The van der Waals surface area contributed by atoms with Gasteiger partial charge in [0.1, 0.15) is 0 Å². The van der Waals surface area contributed by atoms with E-state index in [-0.39, 0.29) is 0 Å². The number of allylic oxidation sites excluding steroid dienone is 2. The molecule has 0 saturated heterocycles. The van der Waals surface area contributed by atoms with E-state index in [0.29, 0.717) is 0 Å². The van der Waals surface area contributed by atoms with Gasteiger partial charge in [-0.05, 0) is 38.2 Å². The standard InChI is InChI=1S/C14H17N/c1-13(11-12-15)7-5-6-10-14-8-3-2-4-9-14/h2-4,8-9,11H,5-7,10H2,1H3. The molecule has 0 spiro atoms. The van der Waals surface area contributed by atoms with Crippen molar-refractivity contribution < 1.29 is 0 Å². The van der Waals surface area contributed by atoms with Gasteiger partial charge in [-0.3, -0.25) is 0 Å². The third-order valence-electron chi connectivity index (χ3n) is 2.44. The molecule has 0 heterocycles. The lowest BCUT2D eigenvalue weighted by atomic mass is 10.0. The van der Waals surface area contributed by atoms with Crippen LogP contribution in [-0.2, 0) is 6.42 Å². The van der Waals surface area contributed by atoms with Crippen molar-refractivity contribution in [1.29, 1.82) is 5.26 Å². The highest BCUT2D eigenvalue weighted by Gasteiger charge is 1.93. The van der Waals surface area contributed by atoms with Crippen molar-refractivity contribution >= 4 is 0 Å². The van der Waals surface area contributed by atoms with E-state index in [1.165, 1.54) is 24.0 Å². The van der Waals surface area contributed by atoms with Crippen LogP contribution in [0.15, 0.2) is 42.0 Å². The molecule has 0 aromatic heterocycles. The van der Waals surface area contributed by atoms with E-state index in [9.17, 15) is 0 Å². The van der Waals surface area contributed by atoms with Crippen LogP contribution in [0, 0.1) is 11.3 Å². The van der Waals surface area contributed by atoms with E-state index >= 15 is 0 Å². The van der Waals surface area contributed by atoms with Gasteiger partial charge in [0.2, 0.25) is 0 Å². The summed E-state index contributed by atoms with van der Waals surface area (Å²) >= 11 is 0.